The van der Waals surface area contributed by atoms with E-state index >= 15 is 0 Å². The van der Waals surface area contributed by atoms with Crippen molar-refractivity contribution in [2.75, 3.05) is 0 Å². The van der Waals surface area contributed by atoms with Crippen LogP contribution in [-0.2, 0) is 0 Å². The number of carboxylic acid groups (broad SMARTS) is 1. The molecule has 1 heterocycles. The summed E-state index contributed by atoms with van der Waals surface area (Å²) in [6.07, 6.45) is 7.86. The van der Waals surface area contributed by atoms with Crippen LogP contribution in [-0.4, -0.2) is 26.4 Å². The topological polar surface area (TPSA) is 96.5 Å². The lowest BCUT2D eigenvalue weighted by Crippen LogP contribution is -1.94. The van der Waals surface area contributed by atoms with Gasteiger partial charge in [0.25, 0.3) is 0 Å². The Kier molecular flexibility index (Phi) is 6.72. The van der Waals surface area contributed by atoms with Crippen molar-refractivity contribution in [1.29, 1.82) is 0 Å². The van der Waals surface area contributed by atoms with Crippen LogP contribution in [0.5, 0.6) is 5.75 Å². The van der Waals surface area contributed by atoms with E-state index in [9.17, 15) is 9.90 Å². The van der Waals surface area contributed by atoms with E-state index in [1.807, 2.05) is 85.0 Å². The standard InChI is InChI=1S/C31H22N2O4/c34-28-19-11-24(12-20-28)4-3-22-7-15-26(16-8-22)30-33-32-29(37-30)25-13-5-21(6-14-25)1-2-23-9-17-27(18-10-23)31(35)36/h1-20,34H,(H,35,36)/b2-1+,4-3+. The Morgan fingerprint density at radius 2 is 0.919 bits per heavy atom. The summed E-state index contributed by atoms with van der Waals surface area (Å²) in [6, 6.07) is 29.3. The van der Waals surface area contributed by atoms with Gasteiger partial charge < -0.3 is 14.6 Å². The first-order valence-corrected chi connectivity index (χ1v) is 11.6. The maximum atomic E-state index is 11.0. The molecule has 4 aromatic carbocycles. The molecule has 0 atom stereocenters. The summed E-state index contributed by atoms with van der Waals surface area (Å²) in [5, 5.41) is 26.8. The molecule has 180 valence electrons. The molecule has 2 N–H and O–H groups in total. The molecule has 0 amide bonds. The molecule has 5 rings (SSSR count). The molecule has 0 aliphatic heterocycles. The summed E-state index contributed by atoms with van der Waals surface area (Å²) in [4.78, 5) is 11.0. The number of carbonyl (C=O) groups is 1. The van der Waals surface area contributed by atoms with E-state index in [4.69, 9.17) is 9.52 Å². The lowest BCUT2D eigenvalue weighted by Gasteiger charge is -1.99. The number of aromatic hydroxyl groups is 1. The van der Waals surface area contributed by atoms with Crippen LogP contribution >= 0.6 is 0 Å². The van der Waals surface area contributed by atoms with Gasteiger partial charge in [0.1, 0.15) is 5.75 Å². The Morgan fingerprint density at radius 3 is 1.30 bits per heavy atom. The van der Waals surface area contributed by atoms with Crippen molar-refractivity contribution < 1.29 is 19.4 Å². The van der Waals surface area contributed by atoms with E-state index in [2.05, 4.69) is 10.2 Å². The fraction of sp³-hybridized carbons (Fsp3) is 0. The lowest BCUT2D eigenvalue weighted by atomic mass is 10.1. The number of phenolic OH excluding ortho intramolecular Hbond substituents is 1. The summed E-state index contributed by atoms with van der Waals surface area (Å²) in [7, 11) is 0. The van der Waals surface area contributed by atoms with E-state index in [-0.39, 0.29) is 11.3 Å². The number of rotatable bonds is 7. The Hall–Kier alpha value is -5.23. The molecule has 0 unspecified atom stereocenters. The molecule has 6 heteroatoms. The zero-order valence-corrected chi connectivity index (χ0v) is 19.7. The molecule has 5 aromatic rings. The lowest BCUT2D eigenvalue weighted by molar-refractivity contribution is 0.0697. The fourth-order valence-corrected chi connectivity index (χ4v) is 3.64. The molecule has 0 radical (unpaired) electrons. The molecule has 0 spiro atoms. The highest BCUT2D eigenvalue weighted by atomic mass is 16.4. The largest absolute Gasteiger partial charge is 0.508 e. The zero-order valence-electron chi connectivity index (χ0n) is 19.7. The van der Waals surface area contributed by atoms with Crippen LogP contribution in [0.1, 0.15) is 32.6 Å². The molecule has 1 aromatic heterocycles. The average molecular weight is 487 g/mol. The van der Waals surface area contributed by atoms with Crippen LogP contribution < -0.4 is 0 Å². The Bertz CT molecular complexity index is 1560. The van der Waals surface area contributed by atoms with Gasteiger partial charge in [0, 0.05) is 11.1 Å². The van der Waals surface area contributed by atoms with E-state index in [1.165, 1.54) is 0 Å². The Labute approximate surface area is 213 Å². The predicted octanol–water partition coefficient (Wildman–Crippen LogP) is 7.15. The number of carboxylic acids is 1. The number of phenols is 1. The van der Waals surface area contributed by atoms with E-state index < -0.39 is 5.97 Å². The highest BCUT2D eigenvalue weighted by Gasteiger charge is 2.10. The molecule has 37 heavy (non-hydrogen) atoms. The average Bonchev–Trinajstić information content (AvgIpc) is 3.43. The van der Waals surface area contributed by atoms with Gasteiger partial charge >= 0.3 is 5.97 Å². The second-order valence-corrected chi connectivity index (χ2v) is 8.34. The van der Waals surface area contributed by atoms with Gasteiger partial charge in [-0.2, -0.15) is 0 Å². The normalized spacial score (nSPS) is 11.4. The molecule has 0 aliphatic carbocycles. The molecule has 0 saturated heterocycles. The maximum absolute atomic E-state index is 11.0. The fourth-order valence-electron chi connectivity index (χ4n) is 3.64. The summed E-state index contributed by atoms with van der Waals surface area (Å²) in [5.74, 6) is 0.186. The van der Waals surface area contributed by atoms with Crippen LogP contribution in [0.4, 0.5) is 0 Å². The van der Waals surface area contributed by atoms with Gasteiger partial charge in [-0.05, 0) is 70.8 Å². The van der Waals surface area contributed by atoms with Crippen LogP contribution in [0.3, 0.4) is 0 Å². The highest BCUT2D eigenvalue weighted by molar-refractivity contribution is 5.88. The van der Waals surface area contributed by atoms with Crippen molar-refractivity contribution in [3.8, 4) is 28.7 Å². The number of hydrogen-bond acceptors (Lipinski definition) is 5. The first-order chi connectivity index (χ1) is 18.0. The van der Waals surface area contributed by atoms with Crippen molar-refractivity contribution >= 4 is 30.3 Å². The number of aromatic nitrogens is 2. The van der Waals surface area contributed by atoms with Gasteiger partial charge in [0.2, 0.25) is 11.8 Å². The van der Waals surface area contributed by atoms with Gasteiger partial charge in [-0.25, -0.2) is 4.79 Å². The molecule has 0 aliphatic rings. The van der Waals surface area contributed by atoms with Crippen molar-refractivity contribution in [3.05, 3.63) is 125 Å². The number of hydrogen-bond donors (Lipinski definition) is 2. The summed E-state index contributed by atoms with van der Waals surface area (Å²) >= 11 is 0. The van der Waals surface area contributed by atoms with Crippen molar-refractivity contribution in [2.24, 2.45) is 0 Å². The quantitative estimate of drug-likeness (QED) is 0.237. The third kappa shape index (κ3) is 5.89. The highest BCUT2D eigenvalue weighted by Crippen LogP contribution is 2.25. The molecule has 0 fully saturated rings. The second kappa shape index (κ2) is 10.6. The Morgan fingerprint density at radius 1 is 0.568 bits per heavy atom. The van der Waals surface area contributed by atoms with Gasteiger partial charge in [-0.1, -0.05) is 72.8 Å². The Balaban J connectivity index is 1.24. The molecular formula is C31H22N2O4. The predicted molar refractivity (Wildman–Crippen MR) is 145 cm³/mol. The zero-order chi connectivity index (χ0) is 25.6. The maximum Gasteiger partial charge on any atom is 0.335 e. The van der Waals surface area contributed by atoms with Crippen molar-refractivity contribution in [3.63, 3.8) is 0 Å². The smallest absolute Gasteiger partial charge is 0.335 e. The second-order valence-electron chi connectivity index (χ2n) is 8.34. The van der Waals surface area contributed by atoms with E-state index in [1.54, 1.807) is 36.4 Å². The minimum Gasteiger partial charge on any atom is -0.508 e. The number of benzene rings is 4. The summed E-state index contributed by atoms with van der Waals surface area (Å²) in [5.41, 5.74) is 5.83. The third-order valence-corrected chi connectivity index (χ3v) is 5.73. The third-order valence-electron chi connectivity index (χ3n) is 5.73. The minimum absolute atomic E-state index is 0.246. The monoisotopic (exact) mass is 486 g/mol. The molecular weight excluding hydrogens is 464 g/mol. The van der Waals surface area contributed by atoms with Gasteiger partial charge in [0.15, 0.2) is 0 Å². The van der Waals surface area contributed by atoms with Crippen molar-refractivity contribution in [2.45, 2.75) is 0 Å². The van der Waals surface area contributed by atoms with Crippen LogP contribution in [0.2, 0.25) is 0 Å². The van der Waals surface area contributed by atoms with Gasteiger partial charge in [-0.3, -0.25) is 0 Å². The number of nitrogens with zero attached hydrogens (tertiary/aromatic N) is 2. The van der Waals surface area contributed by atoms with Gasteiger partial charge in [-0.15, -0.1) is 10.2 Å². The number of aromatic carboxylic acids is 1. The van der Waals surface area contributed by atoms with Gasteiger partial charge in [0.05, 0.1) is 5.56 Å². The van der Waals surface area contributed by atoms with Crippen LogP contribution in [0, 0.1) is 0 Å². The molecule has 0 saturated carbocycles. The minimum atomic E-state index is -0.938. The summed E-state index contributed by atoms with van der Waals surface area (Å²) < 4.78 is 5.91. The van der Waals surface area contributed by atoms with Crippen LogP contribution in [0.15, 0.2) is 101 Å². The van der Waals surface area contributed by atoms with E-state index in [0.29, 0.717) is 11.8 Å². The van der Waals surface area contributed by atoms with Crippen LogP contribution in [0.25, 0.3) is 47.2 Å². The molecule has 0 bridgehead atoms. The SMILES string of the molecule is O=C(O)c1ccc(/C=C/c2ccc(-c3nnc(-c4ccc(/C=C/c5ccc(O)cc5)cc4)o3)cc2)cc1. The van der Waals surface area contributed by atoms with Crippen molar-refractivity contribution in [1.82, 2.24) is 10.2 Å². The first-order valence-electron chi connectivity index (χ1n) is 11.6. The van der Waals surface area contributed by atoms with E-state index in [0.717, 1.165) is 33.4 Å². The first kappa shape index (κ1) is 23.5. The summed E-state index contributed by atoms with van der Waals surface area (Å²) in [6.45, 7) is 0. The molecule has 6 nitrogen and oxygen atoms in total.